The highest BCUT2D eigenvalue weighted by atomic mass is 16.3. The van der Waals surface area contributed by atoms with Gasteiger partial charge in [-0.05, 0) is 43.4 Å². The average Bonchev–Trinajstić information content (AvgIpc) is 2.97. The largest absolute Gasteiger partial charge is 0.455 e. The van der Waals surface area contributed by atoms with E-state index in [4.69, 9.17) is 4.42 Å². The van der Waals surface area contributed by atoms with Crippen LogP contribution in [0.1, 0.15) is 42.0 Å². The predicted molar refractivity (Wildman–Crippen MR) is 109 cm³/mol. The summed E-state index contributed by atoms with van der Waals surface area (Å²) < 4.78 is 8.65. The van der Waals surface area contributed by atoms with Crippen LogP contribution in [0.15, 0.2) is 47.0 Å². The van der Waals surface area contributed by atoms with Crippen LogP contribution in [0.4, 0.5) is 0 Å². The fourth-order valence-electron chi connectivity index (χ4n) is 4.04. The number of para-hydroxylation sites is 1. The monoisotopic (exact) mass is 344 g/mol. The van der Waals surface area contributed by atoms with Crippen molar-refractivity contribution in [2.75, 3.05) is 0 Å². The molecule has 0 N–H and O–H groups in total. The molecule has 4 aromatic rings. The lowest BCUT2D eigenvalue weighted by atomic mass is 9.95. The van der Waals surface area contributed by atoms with E-state index in [1.807, 2.05) is 0 Å². The smallest absolute Gasteiger partial charge is 0.216 e. The molecule has 4 rings (SSSR count). The molecule has 0 bridgehead atoms. The SMILES string of the molecule is Cc1cc(-c2c(C)ccc3c2oc2c(C)cccc23)[n+](C)cc1C(C)C. The topological polar surface area (TPSA) is 17.0 Å². The van der Waals surface area contributed by atoms with Gasteiger partial charge < -0.3 is 4.42 Å². The van der Waals surface area contributed by atoms with Gasteiger partial charge in [-0.25, -0.2) is 4.57 Å². The second-order valence-electron chi connectivity index (χ2n) is 7.75. The van der Waals surface area contributed by atoms with Crippen molar-refractivity contribution < 1.29 is 8.98 Å². The summed E-state index contributed by atoms with van der Waals surface area (Å²) in [6.07, 6.45) is 2.27. The van der Waals surface area contributed by atoms with E-state index in [0.29, 0.717) is 5.92 Å². The summed E-state index contributed by atoms with van der Waals surface area (Å²) in [4.78, 5) is 0. The third kappa shape index (κ3) is 2.44. The van der Waals surface area contributed by atoms with Gasteiger partial charge in [-0.15, -0.1) is 0 Å². The Balaban J connectivity index is 2.09. The lowest BCUT2D eigenvalue weighted by molar-refractivity contribution is -0.660. The standard InChI is InChI=1S/C24H26NO/c1-14(2)20-13-25(6)21(12-17(20)5)22-15(3)10-11-19-18-9-7-8-16(4)23(18)26-24(19)22/h7-14H,1-6H3/q+1. The van der Waals surface area contributed by atoms with Crippen LogP contribution in [0.2, 0.25) is 0 Å². The van der Waals surface area contributed by atoms with E-state index in [-0.39, 0.29) is 0 Å². The quantitative estimate of drug-likeness (QED) is 0.400. The maximum atomic E-state index is 6.41. The first-order chi connectivity index (χ1) is 12.4. The molecular weight excluding hydrogens is 318 g/mol. The van der Waals surface area contributed by atoms with Gasteiger partial charge in [-0.1, -0.05) is 44.2 Å². The first-order valence-corrected chi connectivity index (χ1v) is 9.30. The Hall–Kier alpha value is -2.61. The van der Waals surface area contributed by atoms with E-state index in [9.17, 15) is 0 Å². The summed E-state index contributed by atoms with van der Waals surface area (Å²) in [5.74, 6) is 0.515. The van der Waals surface area contributed by atoms with Gasteiger partial charge in [0.15, 0.2) is 6.20 Å². The van der Waals surface area contributed by atoms with Gasteiger partial charge in [0.25, 0.3) is 0 Å². The molecule has 0 spiro atoms. The first kappa shape index (κ1) is 16.8. The molecule has 0 aliphatic carbocycles. The van der Waals surface area contributed by atoms with Gasteiger partial charge >= 0.3 is 0 Å². The molecule has 0 radical (unpaired) electrons. The minimum Gasteiger partial charge on any atom is -0.455 e. The zero-order valence-corrected chi connectivity index (χ0v) is 16.5. The number of hydrogen-bond donors (Lipinski definition) is 0. The molecule has 2 nitrogen and oxygen atoms in total. The number of aryl methyl sites for hydroxylation is 4. The van der Waals surface area contributed by atoms with Crippen LogP contribution >= 0.6 is 0 Å². The maximum absolute atomic E-state index is 6.41. The Morgan fingerprint density at radius 2 is 1.58 bits per heavy atom. The van der Waals surface area contributed by atoms with E-state index < -0.39 is 0 Å². The van der Waals surface area contributed by atoms with Crippen LogP contribution in [0.3, 0.4) is 0 Å². The van der Waals surface area contributed by atoms with Crippen LogP contribution in [-0.4, -0.2) is 0 Å². The fourth-order valence-corrected chi connectivity index (χ4v) is 4.04. The van der Waals surface area contributed by atoms with Crippen molar-refractivity contribution in [1.82, 2.24) is 0 Å². The molecule has 132 valence electrons. The number of fused-ring (bicyclic) bond motifs is 3. The number of rotatable bonds is 2. The molecular formula is C24H26NO+. The van der Waals surface area contributed by atoms with E-state index in [1.165, 1.54) is 44.3 Å². The lowest BCUT2D eigenvalue weighted by Crippen LogP contribution is -2.32. The molecule has 0 aliphatic rings. The van der Waals surface area contributed by atoms with Gasteiger partial charge in [0.1, 0.15) is 18.2 Å². The van der Waals surface area contributed by atoms with Gasteiger partial charge in [-0.2, -0.15) is 0 Å². The second-order valence-corrected chi connectivity index (χ2v) is 7.75. The highest BCUT2D eigenvalue weighted by Gasteiger charge is 2.22. The molecule has 26 heavy (non-hydrogen) atoms. The average molecular weight is 344 g/mol. The summed E-state index contributed by atoms with van der Waals surface area (Å²) >= 11 is 0. The van der Waals surface area contributed by atoms with Crippen molar-refractivity contribution in [1.29, 1.82) is 0 Å². The Labute approximate surface area is 155 Å². The summed E-state index contributed by atoms with van der Waals surface area (Å²) in [7, 11) is 2.13. The molecule has 2 aromatic carbocycles. The minimum absolute atomic E-state index is 0.515. The summed E-state index contributed by atoms with van der Waals surface area (Å²) in [5, 5.41) is 2.38. The molecule has 0 saturated carbocycles. The molecule has 0 saturated heterocycles. The zero-order valence-electron chi connectivity index (χ0n) is 16.5. The molecule has 0 fully saturated rings. The van der Waals surface area contributed by atoms with Gasteiger partial charge in [0.05, 0.1) is 5.56 Å². The molecule has 0 aliphatic heterocycles. The molecule has 0 amide bonds. The first-order valence-electron chi connectivity index (χ1n) is 9.30. The summed E-state index contributed by atoms with van der Waals surface area (Å²) in [5.41, 5.74) is 9.51. The Morgan fingerprint density at radius 1 is 0.846 bits per heavy atom. The molecule has 0 unspecified atom stereocenters. The van der Waals surface area contributed by atoms with Crippen molar-refractivity contribution in [3.05, 3.63) is 64.8 Å². The third-order valence-electron chi connectivity index (χ3n) is 5.47. The normalized spacial score (nSPS) is 11.8. The highest BCUT2D eigenvalue weighted by molar-refractivity contribution is 6.10. The van der Waals surface area contributed by atoms with Gasteiger partial charge in [0, 0.05) is 22.4 Å². The van der Waals surface area contributed by atoms with Crippen molar-refractivity contribution in [3.8, 4) is 11.3 Å². The molecule has 0 atom stereocenters. The van der Waals surface area contributed by atoms with Crippen LogP contribution in [0, 0.1) is 20.8 Å². The molecule has 2 heterocycles. The second kappa shape index (κ2) is 5.98. The van der Waals surface area contributed by atoms with E-state index in [1.54, 1.807) is 0 Å². The number of hydrogen-bond acceptors (Lipinski definition) is 1. The van der Waals surface area contributed by atoms with Crippen molar-refractivity contribution in [2.24, 2.45) is 7.05 Å². The minimum atomic E-state index is 0.515. The van der Waals surface area contributed by atoms with E-state index in [2.05, 4.69) is 88.8 Å². The van der Waals surface area contributed by atoms with Gasteiger partial charge in [-0.3, -0.25) is 0 Å². The third-order valence-corrected chi connectivity index (χ3v) is 5.47. The van der Waals surface area contributed by atoms with Gasteiger partial charge in [0.2, 0.25) is 5.69 Å². The van der Waals surface area contributed by atoms with Crippen molar-refractivity contribution in [3.63, 3.8) is 0 Å². The number of furan rings is 1. The maximum Gasteiger partial charge on any atom is 0.216 e. The van der Waals surface area contributed by atoms with Crippen LogP contribution in [-0.2, 0) is 7.05 Å². The summed E-state index contributed by atoms with van der Waals surface area (Å²) in [6.45, 7) is 11.0. The Bertz CT molecular complexity index is 1150. The number of benzene rings is 2. The van der Waals surface area contributed by atoms with Crippen molar-refractivity contribution >= 4 is 21.9 Å². The molecule has 2 heteroatoms. The number of nitrogens with zero attached hydrogens (tertiary/aromatic N) is 1. The van der Waals surface area contributed by atoms with E-state index >= 15 is 0 Å². The fraction of sp³-hybridized carbons (Fsp3) is 0.292. The predicted octanol–water partition coefficient (Wildman–Crippen LogP) is 6.13. The van der Waals surface area contributed by atoms with Crippen LogP contribution in [0.25, 0.3) is 33.2 Å². The Kier molecular flexibility index (Phi) is 3.87. The summed E-state index contributed by atoms with van der Waals surface area (Å²) in [6, 6.07) is 13.1. The number of pyridine rings is 1. The lowest BCUT2D eigenvalue weighted by Gasteiger charge is -2.11. The van der Waals surface area contributed by atoms with Crippen LogP contribution in [0.5, 0.6) is 0 Å². The van der Waals surface area contributed by atoms with Crippen molar-refractivity contribution in [2.45, 2.75) is 40.5 Å². The zero-order chi connectivity index (χ0) is 18.6. The van der Waals surface area contributed by atoms with E-state index in [0.717, 1.165) is 11.2 Å². The molecule has 2 aromatic heterocycles. The highest BCUT2D eigenvalue weighted by Crippen LogP contribution is 2.38. The Morgan fingerprint density at radius 3 is 2.31 bits per heavy atom. The van der Waals surface area contributed by atoms with Crippen LogP contribution < -0.4 is 4.57 Å². The number of aromatic nitrogens is 1.